The second-order valence-corrected chi connectivity index (χ2v) is 7.64. The van der Waals surface area contributed by atoms with Crippen molar-refractivity contribution < 1.29 is 13.2 Å². The third kappa shape index (κ3) is 4.03. The van der Waals surface area contributed by atoms with E-state index in [0.29, 0.717) is 5.75 Å². The summed E-state index contributed by atoms with van der Waals surface area (Å²) in [6.07, 6.45) is 6.14. The van der Waals surface area contributed by atoms with Crippen LogP contribution in [-0.4, -0.2) is 21.6 Å². The van der Waals surface area contributed by atoms with Crippen LogP contribution in [-0.2, 0) is 10.0 Å². The minimum Gasteiger partial charge on any atom is -0.495 e. The monoisotopic (exact) mass is 351 g/mol. The molecule has 7 heteroatoms. The van der Waals surface area contributed by atoms with Crippen molar-refractivity contribution in [2.45, 2.75) is 49.5 Å². The number of nitrogens with one attached hydrogen (secondary N) is 1. The van der Waals surface area contributed by atoms with Gasteiger partial charge in [0.05, 0.1) is 12.1 Å². The fourth-order valence-corrected chi connectivity index (χ4v) is 4.70. The lowest BCUT2D eigenvalue weighted by Gasteiger charge is -2.17. The topological polar surface area (TPSA) is 55.4 Å². The van der Waals surface area contributed by atoms with E-state index in [0.717, 1.165) is 38.5 Å². The summed E-state index contributed by atoms with van der Waals surface area (Å²) >= 11 is 12.1. The van der Waals surface area contributed by atoms with Crippen LogP contribution in [0, 0.1) is 0 Å². The van der Waals surface area contributed by atoms with Gasteiger partial charge >= 0.3 is 0 Å². The number of hydrogen-bond donors (Lipinski definition) is 1. The van der Waals surface area contributed by atoms with Gasteiger partial charge in [0, 0.05) is 6.04 Å². The number of halogens is 2. The van der Waals surface area contributed by atoms with E-state index in [4.69, 9.17) is 27.9 Å². The molecule has 1 aliphatic carbocycles. The molecule has 2 rings (SSSR count). The van der Waals surface area contributed by atoms with Gasteiger partial charge in [0.1, 0.15) is 15.7 Å². The van der Waals surface area contributed by atoms with Crippen LogP contribution in [0.2, 0.25) is 10.0 Å². The Kier molecular flexibility index (Phi) is 5.77. The predicted molar refractivity (Wildman–Crippen MR) is 84.8 cm³/mol. The van der Waals surface area contributed by atoms with Crippen LogP contribution in [0.5, 0.6) is 5.75 Å². The summed E-state index contributed by atoms with van der Waals surface area (Å²) < 4.78 is 32.8. The zero-order valence-electron chi connectivity index (χ0n) is 11.9. The molecule has 0 heterocycles. The lowest BCUT2D eigenvalue weighted by atomic mass is 10.1. The third-order valence-corrected chi connectivity index (χ3v) is 6.24. The molecule has 118 valence electrons. The highest BCUT2D eigenvalue weighted by Gasteiger charge is 2.25. The Hall–Kier alpha value is -0.490. The van der Waals surface area contributed by atoms with E-state index in [9.17, 15) is 8.42 Å². The molecule has 0 spiro atoms. The first-order valence-corrected chi connectivity index (χ1v) is 9.24. The molecule has 0 radical (unpaired) electrons. The molecule has 1 aromatic rings. The molecule has 1 aliphatic rings. The van der Waals surface area contributed by atoms with Crippen LogP contribution in [0.3, 0.4) is 0 Å². The van der Waals surface area contributed by atoms with E-state index in [1.807, 2.05) is 0 Å². The first-order chi connectivity index (χ1) is 9.95. The molecule has 0 atom stereocenters. The predicted octanol–water partition coefficient (Wildman–Crippen LogP) is 4.00. The molecule has 0 saturated heterocycles. The SMILES string of the molecule is COc1ccc(S(=O)(=O)NC2CCCCCC2)c(Cl)c1Cl. The van der Waals surface area contributed by atoms with E-state index in [2.05, 4.69) is 4.72 Å². The van der Waals surface area contributed by atoms with Gasteiger partial charge in [0.25, 0.3) is 0 Å². The molecule has 0 amide bonds. The molecule has 0 aliphatic heterocycles. The van der Waals surface area contributed by atoms with Gasteiger partial charge in [0.2, 0.25) is 10.0 Å². The highest BCUT2D eigenvalue weighted by atomic mass is 35.5. The fraction of sp³-hybridized carbons (Fsp3) is 0.571. The fourth-order valence-electron chi connectivity index (χ4n) is 2.56. The van der Waals surface area contributed by atoms with Crippen molar-refractivity contribution in [1.29, 1.82) is 0 Å². The van der Waals surface area contributed by atoms with Crippen molar-refractivity contribution in [3.63, 3.8) is 0 Å². The van der Waals surface area contributed by atoms with Gasteiger partial charge < -0.3 is 4.74 Å². The van der Waals surface area contributed by atoms with Gasteiger partial charge in [-0.2, -0.15) is 0 Å². The molecule has 1 saturated carbocycles. The average Bonchev–Trinajstić information content (AvgIpc) is 2.69. The normalized spacial score (nSPS) is 17.5. The summed E-state index contributed by atoms with van der Waals surface area (Å²) in [6.45, 7) is 0. The summed E-state index contributed by atoms with van der Waals surface area (Å²) in [7, 11) is -2.22. The van der Waals surface area contributed by atoms with Crippen molar-refractivity contribution >= 4 is 33.2 Å². The highest BCUT2D eigenvalue weighted by Crippen LogP contribution is 2.36. The summed E-state index contributed by atoms with van der Waals surface area (Å²) in [5.41, 5.74) is 0. The summed E-state index contributed by atoms with van der Waals surface area (Å²) in [4.78, 5) is -0.000728. The number of hydrogen-bond acceptors (Lipinski definition) is 3. The van der Waals surface area contributed by atoms with Crippen LogP contribution in [0.4, 0.5) is 0 Å². The van der Waals surface area contributed by atoms with Crippen molar-refractivity contribution in [3.8, 4) is 5.75 Å². The van der Waals surface area contributed by atoms with Crippen molar-refractivity contribution in [1.82, 2.24) is 4.72 Å². The van der Waals surface area contributed by atoms with E-state index in [1.54, 1.807) is 0 Å². The Labute approximate surface area is 135 Å². The second-order valence-electron chi connectivity index (χ2n) is 5.20. The summed E-state index contributed by atoms with van der Waals surface area (Å²) in [5, 5.41) is 0.111. The minimum atomic E-state index is -3.68. The first kappa shape index (κ1) is 16.9. The largest absolute Gasteiger partial charge is 0.495 e. The van der Waals surface area contributed by atoms with Crippen LogP contribution in [0.25, 0.3) is 0 Å². The summed E-state index contributed by atoms with van der Waals surface area (Å²) in [5.74, 6) is 0.357. The Morgan fingerprint density at radius 3 is 2.29 bits per heavy atom. The zero-order chi connectivity index (χ0) is 15.5. The van der Waals surface area contributed by atoms with Crippen LogP contribution in [0.1, 0.15) is 38.5 Å². The lowest BCUT2D eigenvalue weighted by molar-refractivity contribution is 0.414. The molecule has 1 aromatic carbocycles. The molecule has 0 unspecified atom stereocenters. The van der Waals surface area contributed by atoms with Gasteiger partial charge in [-0.05, 0) is 25.0 Å². The molecule has 21 heavy (non-hydrogen) atoms. The Balaban J connectivity index is 2.25. The Morgan fingerprint density at radius 1 is 1.10 bits per heavy atom. The number of benzene rings is 1. The molecule has 0 bridgehead atoms. The standard InChI is InChI=1S/C14H19Cl2NO3S/c1-20-11-8-9-12(14(16)13(11)15)21(18,19)17-10-6-4-2-3-5-7-10/h8-10,17H,2-7H2,1H3. The quantitative estimate of drug-likeness (QED) is 0.834. The van der Waals surface area contributed by atoms with E-state index >= 15 is 0 Å². The maximum Gasteiger partial charge on any atom is 0.242 e. The van der Waals surface area contributed by atoms with Gasteiger partial charge in [-0.25, -0.2) is 13.1 Å². The Morgan fingerprint density at radius 2 is 1.71 bits per heavy atom. The number of rotatable bonds is 4. The van der Waals surface area contributed by atoms with Crippen molar-refractivity contribution in [2.24, 2.45) is 0 Å². The molecule has 4 nitrogen and oxygen atoms in total. The van der Waals surface area contributed by atoms with Gasteiger partial charge in [-0.1, -0.05) is 48.9 Å². The van der Waals surface area contributed by atoms with Crippen LogP contribution in [0.15, 0.2) is 17.0 Å². The Bertz CT molecular complexity index is 596. The molecule has 0 aromatic heterocycles. The average molecular weight is 352 g/mol. The number of ether oxygens (including phenoxy) is 1. The van der Waals surface area contributed by atoms with Gasteiger partial charge in [0.15, 0.2) is 0 Å². The number of sulfonamides is 1. The van der Waals surface area contributed by atoms with E-state index < -0.39 is 10.0 Å². The lowest BCUT2D eigenvalue weighted by Crippen LogP contribution is -2.34. The van der Waals surface area contributed by atoms with E-state index in [-0.39, 0.29) is 21.0 Å². The van der Waals surface area contributed by atoms with Gasteiger partial charge in [-0.15, -0.1) is 0 Å². The zero-order valence-corrected chi connectivity index (χ0v) is 14.2. The maximum absolute atomic E-state index is 12.5. The van der Waals surface area contributed by atoms with Crippen molar-refractivity contribution in [2.75, 3.05) is 7.11 Å². The van der Waals surface area contributed by atoms with Crippen molar-refractivity contribution in [3.05, 3.63) is 22.2 Å². The number of methoxy groups -OCH3 is 1. The molecule has 1 fully saturated rings. The third-order valence-electron chi connectivity index (χ3n) is 3.70. The van der Waals surface area contributed by atoms with Crippen LogP contribution >= 0.6 is 23.2 Å². The molecular formula is C14H19Cl2NO3S. The smallest absolute Gasteiger partial charge is 0.242 e. The van der Waals surface area contributed by atoms with Crippen LogP contribution < -0.4 is 9.46 Å². The highest BCUT2D eigenvalue weighted by molar-refractivity contribution is 7.89. The first-order valence-electron chi connectivity index (χ1n) is 7.00. The van der Waals surface area contributed by atoms with E-state index in [1.165, 1.54) is 19.2 Å². The van der Waals surface area contributed by atoms with Gasteiger partial charge in [-0.3, -0.25) is 0 Å². The maximum atomic E-state index is 12.5. The summed E-state index contributed by atoms with van der Waals surface area (Å²) in [6, 6.07) is 2.90. The minimum absolute atomic E-state index is 0.000728. The molecular weight excluding hydrogens is 333 g/mol. The second kappa shape index (κ2) is 7.18. The molecule has 1 N–H and O–H groups in total.